The third-order valence-corrected chi connectivity index (χ3v) is 2.52. The summed E-state index contributed by atoms with van der Waals surface area (Å²) in [4.78, 5) is 15.6. The molecule has 0 fully saturated rings. The number of aromatic nitrogens is 4. The molecule has 0 aromatic carbocycles. The lowest BCUT2D eigenvalue weighted by molar-refractivity contribution is 0.0988. The van der Waals surface area contributed by atoms with Crippen LogP contribution in [0.15, 0.2) is 24.8 Å². The second kappa shape index (κ2) is 4.30. The molecule has 0 aliphatic rings. The predicted octanol–water partition coefficient (Wildman–Crippen LogP) is 1.26. The monoisotopic (exact) mass is 218 g/mol. The van der Waals surface area contributed by atoms with Gasteiger partial charge in [0.1, 0.15) is 12.2 Å². The van der Waals surface area contributed by atoms with Crippen LogP contribution >= 0.6 is 0 Å². The van der Waals surface area contributed by atoms with Crippen molar-refractivity contribution in [2.75, 3.05) is 0 Å². The van der Waals surface area contributed by atoms with Gasteiger partial charge in [-0.25, -0.2) is 4.98 Å². The van der Waals surface area contributed by atoms with Crippen LogP contribution in [0.25, 0.3) is 0 Å². The van der Waals surface area contributed by atoms with Gasteiger partial charge in [0.05, 0.1) is 6.54 Å². The van der Waals surface area contributed by atoms with Crippen LogP contribution in [0.2, 0.25) is 0 Å². The molecule has 0 saturated heterocycles. The van der Waals surface area contributed by atoms with Crippen molar-refractivity contribution in [3.05, 3.63) is 36.2 Å². The van der Waals surface area contributed by atoms with E-state index in [1.165, 1.54) is 6.33 Å². The summed E-state index contributed by atoms with van der Waals surface area (Å²) < 4.78 is 3.66. The summed E-state index contributed by atoms with van der Waals surface area (Å²) >= 11 is 0. The number of hydrogen-bond donors (Lipinski definition) is 0. The first-order chi connectivity index (χ1) is 7.70. The van der Waals surface area contributed by atoms with Gasteiger partial charge in [-0.05, 0) is 6.07 Å². The highest BCUT2D eigenvalue weighted by atomic mass is 16.1. The van der Waals surface area contributed by atoms with E-state index in [9.17, 15) is 4.79 Å². The minimum absolute atomic E-state index is 0.164. The van der Waals surface area contributed by atoms with Crippen molar-refractivity contribution in [1.82, 2.24) is 19.3 Å². The molecular formula is C11H14N4O. The molecule has 0 spiro atoms. The number of Topliss-reactive ketones (excluding diaryl/α,β-unsaturated/α-hetero) is 1. The Labute approximate surface area is 93.7 Å². The van der Waals surface area contributed by atoms with Gasteiger partial charge in [0.2, 0.25) is 0 Å². The smallest absolute Gasteiger partial charge is 0.164 e. The second-order valence-electron chi connectivity index (χ2n) is 3.65. The van der Waals surface area contributed by atoms with Crippen molar-refractivity contribution in [3.63, 3.8) is 0 Å². The first kappa shape index (κ1) is 10.6. The minimum Gasteiger partial charge on any atom is -0.346 e. The average molecular weight is 218 g/mol. The molecule has 84 valence electrons. The molecule has 16 heavy (non-hydrogen) atoms. The summed E-state index contributed by atoms with van der Waals surface area (Å²) in [6, 6.07) is 1.84. The largest absolute Gasteiger partial charge is 0.346 e. The summed E-state index contributed by atoms with van der Waals surface area (Å²) in [5, 5.41) is 4.00. The third-order valence-electron chi connectivity index (χ3n) is 2.52. The van der Waals surface area contributed by atoms with Crippen molar-refractivity contribution in [2.24, 2.45) is 7.05 Å². The van der Waals surface area contributed by atoms with Gasteiger partial charge in [-0.15, -0.1) is 0 Å². The van der Waals surface area contributed by atoms with E-state index in [-0.39, 0.29) is 5.78 Å². The van der Waals surface area contributed by atoms with Gasteiger partial charge in [0.25, 0.3) is 0 Å². The quantitative estimate of drug-likeness (QED) is 0.726. The molecule has 0 bridgehead atoms. The van der Waals surface area contributed by atoms with Gasteiger partial charge in [0.15, 0.2) is 5.78 Å². The number of ketones is 1. The maximum atomic E-state index is 11.4. The van der Waals surface area contributed by atoms with Crippen LogP contribution in [0, 0.1) is 0 Å². The van der Waals surface area contributed by atoms with Crippen molar-refractivity contribution < 1.29 is 4.79 Å². The fourth-order valence-electron chi connectivity index (χ4n) is 1.53. The molecule has 5 nitrogen and oxygen atoms in total. The molecule has 2 heterocycles. The van der Waals surface area contributed by atoms with Gasteiger partial charge in [-0.3, -0.25) is 9.48 Å². The van der Waals surface area contributed by atoms with Crippen LogP contribution in [0.3, 0.4) is 0 Å². The van der Waals surface area contributed by atoms with Crippen molar-refractivity contribution >= 4 is 5.78 Å². The maximum Gasteiger partial charge on any atom is 0.164 e. The Morgan fingerprint density at radius 2 is 2.31 bits per heavy atom. The SMILES string of the molecule is CCC(=O)c1ccn(Cc2ncnn2C)c1. The summed E-state index contributed by atoms with van der Waals surface area (Å²) in [5.74, 6) is 1.03. The standard InChI is InChI=1S/C11H14N4O/c1-3-10(16)9-4-5-15(6-9)7-11-12-8-13-14(11)2/h4-6,8H,3,7H2,1-2H3. The summed E-state index contributed by atoms with van der Waals surface area (Å²) in [7, 11) is 1.85. The van der Waals surface area contributed by atoms with Crippen molar-refractivity contribution in [2.45, 2.75) is 19.9 Å². The lowest BCUT2D eigenvalue weighted by Gasteiger charge is -2.01. The van der Waals surface area contributed by atoms with E-state index in [2.05, 4.69) is 10.1 Å². The van der Waals surface area contributed by atoms with E-state index in [1.54, 1.807) is 4.68 Å². The molecule has 0 radical (unpaired) electrons. The van der Waals surface area contributed by atoms with E-state index in [0.29, 0.717) is 13.0 Å². The lowest BCUT2D eigenvalue weighted by Crippen LogP contribution is -2.05. The fourth-order valence-corrected chi connectivity index (χ4v) is 1.53. The highest BCUT2D eigenvalue weighted by Crippen LogP contribution is 2.06. The normalized spacial score (nSPS) is 10.6. The van der Waals surface area contributed by atoms with E-state index >= 15 is 0 Å². The minimum atomic E-state index is 0.164. The second-order valence-corrected chi connectivity index (χ2v) is 3.65. The number of carbonyl (C=O) groups excluding carboxylic acids is 1. The van der Waals surface area contributed by atoms with E-state index in [1.807, 2.05) is 37.0 Å². The Morgan fingerprint density at radius 1 is 1.50 bits per heavy atom. The summed E-state index contributed by atoms with van der Waals surface area (Å²) in [6.45, 7) is 2.50. The fraction of sp³-hybridized carbons (Fsp3) is 0.364. The van der Waals surface area contributed by atoms with Gasteiger partial charge >= 0.3 is 0 Å². The molecular weight excluding hydrogens is 204 g/mol. The molecule has 0 amide bonds. The van der Waals surface area contributed by atoms with Crippen LogP contribution in [-0.2, 0) is 13.6 Å². The van der Waals surface area contributed by atoms with Crippen LogP contribution in [0.4, 0.5) is 0 Å². The molecule has 0 aliphatic carbocycles. The molecule has 5 heteroatoms. The zero-order valence-electron chi connectivity index (χ0n) is 9.42. The Kier molecular flexibility index (Phi) is 2.85. The first-order valence-electron chi connectivity index (χ1n) is 5.22. The predicted molar refractivity (Wildman–Crippen MR) is 59.2 cm³/mol. The molecule has 0 aliphatic heterocycles. The molecule has 0 unspecified atom stereocenters. The highest BCUT2D eigenvalue weighted by Gasteiger charge is 2.06. The van der Waals surface area contributed by atoms with E-state index in [4.69, 9.17) is 0 Å². The number of carbonyl (C=O) groups is 1. The van der Waals surface area contributed by atoms with Gasteiger partial charge in [0, 0.05) is 31.4 Å². The molecule has 0 saturated carbocycles. The number of aryl methyl sites for hydroxylation is 1. The Hall–Kier alpha value is -1.91. The Bertz CT molecular complexity index is 498. The molecule has 0 atom stereocenters. The molecule has 0 N–H and O–H groups in total. The third kappa shape index (κ3) is 2.03. The van der Waals surface area contributed by atoms with Crippen LogP contribution < -0.4 is 0 Å². The molecule has 2 rings (SSSR count). The zero-order valence-corrected chi connectivity index (χ0v) is 9.42. The maximum absolute atomic E-state index is 11.4. The Balaban J connectivity index is 2.14. The average Bonchev–Trinajstić information content (AvgIpc) is 2.89. The van der Waals surface area contributed by atoms with E-state index < -0.39 is 0 Å². The lowest BCUT2D eigenvalue weighted by atomic mass is 10.2. The van der Waals surface area contributed by atoms with Gasteiger partial charge in [-0.1, -0.05) is 6.92 Å². The first-order valence-corrected chi connectivity index (χ1v) is 5.22. The van der Waals surface area contributed by atoms with Crippen molar-refractivity contribution in [1.29, 1.82) is 0 Å². The molecule has 2 aromatic heterocycles. The van der Waals surface area contributed by atoms with Crippen LogP contribution in [-0.4, -0.2) is 25.1 Å². The summed E-state index contributed by atoms with van der Waals surface area (Å²) in [6.07, 6.45) is 5.79. The van der Waals surface area contributed by atoms with Gasteiger partial charge in [-0.2, -0.15) is 5.10 Å². The van der Waals surface area contributed by atoms with Crippen LogP contribution in [0.1, 0.15) is 29.5 Å². The van der Waals surface area contributed by atoms with E-state index in [0.717, 1.165) is 11.4 Å². The number of rotatable bonds is 4. The zero-order chi connectivity index (χ0) is 11.5. The Morgan fingerprint density at radius 3 is 2.94 bits per heavy atom. The number of hydrogen-bond acceptors (Lipinski definition) is 3. The van der Waals surface area contributed by atoms with Crippen molar-refractivity contribution in [3.8, 4) is 0 Å². The summed E-state index contributed by atoms with van der Waals surface area (Å²) in [5.41, 5.74) is 0.754. The van der Waals surface area contributed by atoms with Gasteiger partial charge < -0.3 is 4.57 Å². The highest BCUT2D eigenvalue weighted by molar-refractivity contribution is 5.95. The topological polar surface area (TPSA) is 52.7 Å². The molecule has 2 aromatic rings. The van der Waals surface area contributed by atoms with Crippen LogP contribution in [0.5, 0.6) is 0 Å². The number of nitrogens with zero attached hydrogens (tertiary/aromatic N) is 4.